The molecule has 1 amide bonds. The van der Waals surface area contributed by atoms with Gasteiger partial charge in [0.1, 0.15) is 0 Å². The van der Waals surface area contributed by atoms with E-state index < -0.39 is 11.9 Å². The molecule has 3 aromatic rings. The van der Waals surface area contributed by atoms with Crippen molar-refractivity contribution in [3.8, 4) is 0 Å². The molecule has 3 rings (SSSR count). The molecular formula is C22H19N3O3. The van der Waals surface area contributed by atoms with E-state index in [9.17, 15) is 9.59 Å². The highest BCUT2D eigenvalue weighted by atomic mass is 16.7. The van der Waals surface area contributed by atoms with Crippen LogP contribution >= 0.6 is 0 Å². The van der Waals surface area contributed by atoms with Gasteiger partial charge in [-0.3, -0.25) is 4.79 Å². The number of hydrogen-bond acceptors (Lipinski definition) is 5. The molecule has 0 heterocycles. The van der Waals surface area contributed by atoms with Crippen LogP contribution in [0.1, 0.15) is 31.8 Å². The first kappa shape index (κ1) is 19.0. The standard InChI is InChI=1S/C22H19N3O3/c1-15-6-8-17(9-7-15)21(26)24-23-19-10-12-20(13-11-19)25-28-22(27)18-5-3-4-16(2)14-18/h3-14,25H,1-2H3. The Hall–Kier alpha value is -3.80. The molecule has 0 fully saturated rings. The number of azo groups is 1. The Morgan fingerprint density at radius 1 is 0.821 bits per heavy atom. The van der Waals surface area contributed by atoms with Crippen LogP contribution in [0.25, 0.3) is 0 Å². The number of carbonyl (C=O) groups excluding carboxylic acids is 2. The van der Waals surface area contributed by atoms with Crippen molar-refractivity contribution in [3.05, 3.63) is 95.1 Å². The highest BCUT2D eigenvalue weighted by Gasteiger charge is 2.07. The molecule has 6 nitrogen and oxygen atoms in total. The summed E-state index contributed by atoms with van der Waals surface area (Å²) in [6, 6.07) is 20.9. The quantitative estimate of drug-likeness (QED) is 0.479. The van der Waals surface area contributed by atoms with Crippen molar-refractivity contribution in [1.82, 2.24) is 0 Å². The van der Waals surface area contributed by atoms with Gasteiger partial charge in [0.15, 0.2) is 0 Å². The lowest BCUT2D eigenvalue weighted by molar-refractivity contribution is 0.0596. The molecule has 0 unspecified atom stereocenters. The van der Waals surface area contributed by atoms with Crippen molar-refractivity contribution in [2.75, 3.05) is 5.48 Å². The summed E-state index contributed by atoms with van der Waals surface area (Å²) in [5.74, 6) is -0.884. The van der Waals surface area contributed by atoms with Gasteiger partial charge in [-0.2, -0.15) is 0 Å². The molecule has 0 aliphatic carbocycles. The molecular weight excluding hydrogens is 354 g/mol. The zero-order valence-electron chi connectivity index (χ0n) is 15.5. The summed E-state index contributed by atoms with van der Waals surface area (Å²) in [5, 5.41) is 7.66. The second kappa shape index (κ2) is 8.73. The summed E-state index contributed by atoms with van der Waals surface area (Å²) in [6.45, 7) is 3.85. The van der Waals surface area contributed by atoms with Gasteiger partial charge >= 0.3 is 5.97 Å². The molecule has 3 aromatic carbocycles. The summed E-state index contributed by atoms with van der Waals surface area (Å²) in [6.07, 6.45) is 0. The van der Waals surface area contributed by atoms with E-state index in [0.29, 0.717) is 22.5 Å². The van der Waals surface area contributed by atoms with Gasteiger partial charge in [0.2, 0.25) is 0 Å². The summed E-state index contributed by atoms with van der Waals surface area (Å²) in [7, 11) is 0. The van der Waals surface area contributed by atoms with E-state index in [2.05, 4.69) is 15.7 Å². The first-order chi connectivity index (χ1) is 13.5. The number of anilines is 1. The Balaban J connectivity index is 1.56. The fourth-order valence-corrected chi connectivity index (χ4v) is 2.39. The number of nitrogens with one attached hydrogen (secondary N) is 1. The lowest BCUT2D eigenvalue weighted by Crippen LogP contribution is -2.10. The molecule has 0 aliphatic rings. The topological polar surface area (TPSA) is 80.1 Å². The van der Waals surface area contributed by atoms with E-state index in [-0.39, 0.29) is 0 Å². The molecule has 0 saturated heterocycles. The molecule has 0 aliphatic heterocycles. The van der Waals surface area contributed by atoms with Crippen molar-refractivity contribution in [2.24, 2.45) is 10.2 Å². The first-order valence-electron chi connectivity index (χ1n) is 8.68. The van der Waals surface area contributed by atoms with Gasteiger partial charge < -0.3 is 4.84 Å². The number of carbonyl (C=O) groups is 2. The van der Waals surface area contributed by atoms with E-state index in [1.54, 1.807) is 54.6 Å². The van der Waals surface area contributed by atoms with Crippen LogP contribution in [0, 0.1) is 13.8 Å². The minimum absolute atomic E-state index is 0.408. The van der Waals surface area contributed by atoms with Gasteiger partial charge in [0.05, 0.1) is 16.9 Å². The molecule has 1 N–H and O–H groups in total. The predicted octanol–water partition coefficient (Wildman–Crippen LogP) is 5.41. The average Bonchev–Trinajstić information content (AvgIpc) is 2.71. The summed E-state index contributed by atoms with van der Waals surface area (Å²) < 4.78 is 0. The zero-order valence-corrected chi connectivity index (χ0v) is 15.5. The lowest BCUT2D eigenvalue weighted by Gasteiger charge is -2.07. The Labute approximate surface area is 162 Å². The van der Waals surface area contributed by atoms with Crippen LogP contribution in [0.15, 0.2) is 83.0 Å². The van der Waals surface area contributed by atoms with E-state index in [1.165, 1.54) is 0 Å². The second-order valence-electron chi connectivity index (χ2n) is 6.28. The van der Waals surface area contributed by atoms with Gasteiger partial charge in [-0.25, -0.2) is 10.3 Å². The fourth-order valence-electron chi connectivity index (χ4n) is 2.39. The van der Waals surface area contributed by atoms with Gasteiger partial charge in [-0.15, -0.1) is 10.2 Å². The molecule has 0 aromatic heterocycles. The SMILES string of the molecule is Cc1ccc(C(=O)N=Nc2ccc(NOC(=O)c3cccc(C)c3)cc2)cc1. The fraction of sp³-hybridized carbons (Fsp3) is 0.0909. The smallest absolute Gasteiger partial charge is 0.338 e. The highest BCUT2D eigenvalue weighted by molar-refractivity contribution is 5.94. The van der Waals surface area contributed by atoms with Crippen LogP contribution in [-0.4, -0.2) is 11.9 Å². The number of aryl methyl sites for hydroxylation is 2. The van der Waals surface area contributed by atoms with Gasteiger partial charge in [-0.05, 0) is 62.4 Å². The molecule has 0 atom stereocenters. The maximum Gasteiger partial charge on any atom is 0.362 e. The Kier molecular flexibility index (Phi) is 5.91. The molecule has 140 valence electrons. The number of benzene rings is 3. The van der Waals surface area contributed by atoms with Crippen LogP contribution in [0.2, 0.25) is 0 Å². The second-order valence-corrected chi connectivity index (χ2v) is 6.28. The molecule has 0 bridgehead atoms. The first-order valence-corrected chi connectivity index (χ1v) is 8.68. The van der Waals surface area contributed by atoms with Crippen LogP contribution in [0.5, 0.6) is 0 Å². The molecule has 0 saturated carbocycles. The minimum atomic E-state index is -0.476. The molecule has 0 radical (unpaired) electrons. The largest absolute Gasteiger partial charge is 0.362 e. The maximum absolute atomic E-state index is 12.0. The normalized spacial score (nSPS) is 10.6. The predicted molar refractivity (Wildman–Crippen MR) is 107 cm³/mol. The Bertz CT molecular complexity index is 1010. The molecule has 0 spiro atoms. The average molecular weight is 373 g/mol. The summed E-state index contributed by atoms with van der Waals surface area (Å²) in [4.78, 5) is 29.1. The van der Waals surface area contributed by atoms with E-state index in [4.69, 9.17) is 4.84 Å². The number of amides is 1. The van der Waals surface area contributed by atoms with Crippen molar-refractivity contribution in [2.45, 2.75) is 13.8 Å². The summed E-state index contributed by atoms with van der Waals surface area (Å²) in [5.41, 5.74) is 6.67. The van der Waals surface area contributed by atoms with E-state index >= 15 is 0 Å². The maximum atomic E-state index is 12.0. The van der Waals surface area contributed by atoms with Crippen molar-refractivity contribution < 1.29 is 14.4 Å². The van der Waals surface area contributed by atoms with Crippen LogP contribution in [-0.2, 0) is 4.84 Å². The lowest BCUT2D eigenvalue weighted by atomic mass is 10.1. The third-order valence-electron chi connectivity index (χ3n) is 3.94. The third-order valence-corrected chi connectivity index (χ3v) is 3.94. The minimum Gasteiger partial charge on any atom is -0.338 e. The van der Waals surface area contributed by atoms with Crippen LogP contribution < -0.4 is 5.48 Å². The van der Waals surface area contributed by atoms with Crippen LogP contribution in [0.3, 0.4) is 0 Å². The zero-order chi connectivity index (χ0) is 19.9. The molecule has 28 heavy (non-hydrogen) atoms. The Morgan fingerprint density at radius 3 is 2.21 bits per heavy atom. The van der Waals surface area contributed by atoms with Gasteiger partial charge in [-0.1, -0.05) is 35.4 Å². The summed E-state index contributed by atoms with van der Waals surface area (Å²) >= 11 is 0. The van der Waals surface area contributed by atoms with Crippen LogP contribution in [0.4, 0.5) is 11.4 Å². The van der Waals surface area contributed by atoms with Crippen molar-refractivity contribution in [1.29, 1.82) is 0 Å². The number of hydrogen-bond donors (Lipinski definition) is 1. The van der Waals surface area contributed by atoms with E-state index in [1.807, 2.05) is 32.0 Å². The van der Waals surface area contributed by atoms with Crippen molar-refractivity contribution in [3.63, 3.8) is 0 Å². The number of nitrogens with zero attached hydrogens (tertiary/aromatic N) is 2. The molecule has 6 heteroatoms. The number of rotatable bonds is 5. The highest BCUT2D eigenvalue weighted by Crippen LogP contribution is 2.18. The van der Waals surface area contributed by atoms with E-state index in [0.717, 1.165) is 11.1 Å². The third kappa shape index (κ3) is 5.11. The van der Waals surface area contributed by atoms with Gasteiger partial charge in [0, 0.05) is 5.56 Å². The Morgan fingerprint density at radius 2 is 1.54 bits per heavy atom. The van der Waals surface area contributed by atoms with Gasteiger partial charge in [0.25, 0.3) is 5.91 Å². The van der Waals surface area contributed by atoms with Crippen molar-refractivity contribution >= 4 is 23.3 Å². The monoisotopic (exact) mass is 373 g/mol.